The van der Waals surface area contributed by atoms with Gasteiger partial charge >= 0.3 is 0 Å². The molecular formula is C10H11NO2. The fourth-order valence-electron chi connectivity index (χ4n) is 1.72. The van der Waals surface area contributed by atoms with Crippen LogP contribution < -0.4 is 0 Å². The van der Waals surface area contributed by atoms with Crippen LogP contribution in [0.25, 0.3) is 0 Å². The maximum absolute atomic E-state index is 10.7. The molecule has 0 amide bonds. The molecule has 1 aromatic carbocycles. The molecule has 0 bridgehead atoms. The summed E-state index contributed by atoms with van der Waals surface area (Å²) < 4.78 is 0. The molecule has 2 rings (SSSR count). The van der Waals surface area contributed by atoms with Gasteiger partial charge in [-0.05, 0) is 5.56 Å². The molecule has 2 atom stereocenters. The van der Waals surface area contributed by atoms with E-state index >= 15 is 0 Å². The van der Waals surface area contributed by atoms with E-state index in [9.17, 15) is 10.1 Å². The first kappa shape index (κ1) is 8.23. The van der Waals surface area contributed by atoms with Gasteiger partial charge in [-0.15, -0.1) is 0 Å². The summed E-state index contributed by atoms with van der Waals surface area (Å²) in [5.74, 6) is 0.115. The van der Waals surface area contributed by atoms with Crippen molar-refractivity contribution in [1.82, 2.24) is 0 Å². The minimum absolute atomic E-state index is 0.115. The number of hydrogen-bond donors (Lipinski definition) is 0. The van der Waals surface area contributed by atoms with Crippen molar-refractivity contribution in [3.63, 3.8) is 0 Å². The van der Waals surface area contributed by atoms with Crippen LogP contribution >= 0.6 is 0 Å². The maximum atomic E-state index is 10.7. The molecule has 1 aliphatic rings. The van der Waals surface area contributed by atoms with Gasteiger partial charge in [0.2, 0.25) is 5.54 Å². The Labute approximate surface area is 76.5 Å². The molecule has 0 aromatic heterocycles. The lowest BCUT2D eigenvalue weighted by Gasteiger charge is -2.01. The number of nitrogens with zero attached hydrogens (tertiary/aromatic N) is 1. The minimum atomic E-state index is -0.707. The lowest BCUT2D eigenvalue weighted by Crippen LogP contribution is -2.18. The van der Waals surface area contributed by atoms with Gasteiger partial charge in [0.1, 0.15) is 0 Å². The Balaban J connectivity index is 2.21. The third-order valence-electron chi connectivity index (χ3n) is 2.83. The average Bonchev–Trinajstić information content (AvgIpc) is 2.81. The third-order valence-corrected chi connectivity index (χ3v) is 2.83. The molecule has 0 aliphatic heterocycles. The molecule has 13 heavy (non-hydrogen) atoms. The van der Waals surface area contributed by atoms with Gasteiger partial charge in [0.05, 0.1) is 5.92 Å². The minimum Gasteiger partial charge on any atom is -0.264 e. The maximum Gasteiger partial charge on any atom is 0.227 e. The second-order valence-corrected chi connectivity index (χ2v) is 3.78. The Hall–Kier alpha value is -1.38. The number of hydrogen-bond acceptors (Lipinski definition) is 2. The zero-order valence-electron chi connectivity index (χ0n) is 7.43. The van der Waals surface area contributed by atoms with Gasteiger partial charge in [-0.1, -0.05) is 30.3 Å². The van der Waals surface area contributed by atoms with E-state index in [0.29, 0.717) is 6.42 Å². The highest BCUT2D eigenvalue weighted by Crippen LogP contribution is 2.53. The van der Waals surface area contributed by atoms with E-state index in [2.05, 4.69) is 0 Å². The Kier molecular flexibility index (Phi) is 1.62. The van der Waals surface area contributed by atoms with Crippen LogP contribution in [0.4, 0.5) is 0 Å². The predicted octanol–water partition coefficient (Wildman–Crippen LogP) is 2.21. The van der Waals surface area contributed by atoms with Crippen LogP contribution in [0.5, 0.6) is 0 Å². The highest BCUT2D eigenvalue weighted by Gasteiger charge is 2.62. The number of benzene rings is 1. The predicted molar refractivity (Wildman–Crippen MR) is 49.2 cm³/mol. The first-order chi connectivity index (χ1) is 6.14. The zero-order chi connectivity index (χ0) is 9.47. The van der Waals surface area contributed by atoms with Gasteiger partial charge in [0.25, 0.3) is 0 Å². The van der Waals surface area contributed by atoms with E-state index in [-0.39, 0.29) is 10.8 Å². The van der Waals surface area contributed by atoms with Crippen LogP contribution in [0.1, 0.15) is 24.8 Å². The zero-order valence-corrected chi connectivity index (χ0v) is 7.43. The second-order valence-electron chi connectivity index (χ2n) is 3.78. The molecule has 68 valence electrons. The normalized spacial score (nSPS) is 31.3. The fraction of sp³-hybridized carbons (Fsp3) is 0.400. The molecule has 3 nitrogen and oxygen atoms in total. The largest absolute Gasteiger partial charge is 0.264 e. The summed E-state index contributed by atoms with van der Waals surface area (Å²) in [5.41, 5.74) is 0.378. The van der Waals surface area contributed by atoms with E-state index < -0.39 is 5.54 Å². The fourth-order valence-corrected chi connectivity index (χ4v) is 1.72. The Morgan fingerprint density at radius 2 is 2.08 bits per heavy atom. The second kappa shape index (κ2) is 2.55. The van der Waals surface area contributed by atoms with E-state index in [1.54, 1.807) is 6.92 Å². The van der Waals surface area contributed by atoms with Crippen molar-refractivity contribution >= 4 is 0 Å². The van der Waals surface area contributed by atoms with Gasteiger partial charge in [0.15, 0.2) is 0 Å². The molecule has 1 saturated carbocycles. The lowest BCUT2D eigenvalue weighted by atomic mass is 10.1. The molecule has 0 radical (unpaired) electrons. The first-order valence-electron chi connectivity index (χ1n) is 4.34. The van der Waals surface area contributed by atoms with Crippen molar-refractivity contribution < 1.29 is 4.92 Å². The molecule has 1 fully saturated rings. The molecule has 0 heterocycles. The van der Waals surface area contributed by atoms with Crippen LogP contribution in [0.15, 0.2) is 30.3 Å². The monoisotopic (exact) mass is 177 g/mol. The Bertz CT molecular complexity index is 336. The van der Waals surface area contributed by atoms with Crippen LogP contribution in [-0.2, 0) is 0 Å². The van der Waals surface area contributed by atoms with E-state index in [0.717, 1.165) is 5.56 Å². The van der Waals surface area contributed by atoms with Gasteiger partial charge in [-0.2, -0.15) is 0 Å². The Morgan fingerprint density at radius 3 is 2.54 bits per heavy atom. The van der Waals surface area contributed by atoms with Crippen LogP contribution in [0.3, 0.4) is 0 Å². The van der Waals surface area contributed by atoms with Crippen molar-refractivity contribution in [3.05, 3.63) is 46.0 Å². The van der Waals surface area contributed by atoms with Gasteiger partial charge in [0, 0.05) is 18.3 Å². The lowest BCUT2D eigenvalue weighted by molar-refractivity contribution is -0.535. The summed E-state index contributed by atoms with van der Waals surface area (Å²) in [6.07, 6.45) is 0.671. The summed E-state index contributed by atoms with van der Waals surface area (Å²) in [6.45, 7) is 1.71. The average molecular weight is 177 g/mol. The van der Waals surface area contributed by atoms with E-state index in [1.807, 2.05) is 30.3 Å². The summed E-state index contributed by atoms with van der Waals surface area (Å²) in [4.78, 5) is 10.5. The molecular weight excluding hydrogens is 166 g/mol. The van der Waals surface area contributed by atoms with Crippen LogP contribution in [0, 0.1) is 10.1 Å². The molecule has 1 aromatic rings. The quantitative estimate of drug-likeness (QED) is 0.513. The molecule has 0 saturated heterocycles. The SMILES string of the molecule is CC1([N+](=O)[O-])CC1c1ccccc1. The summed E-state index contributed by atoms with van der Waals surface area (Å²) in [5, 5.41) is 10.7. The topological polar surface area (TPSA) is 43.1 Å². The van der Waals surface area contributed by atoms with Crippen LogP contribution in [-0.4, -0.2) is 10.5 Å². The first-order valence-corrected chi connectivity index (χ1v) is 4.34. The van der Waals surface area contributed by atoms with Crippen molar-refractivity contribution in [2.24, 2.45) is 0 Å². The molecule has 2 unspecified atom stereocenters. The Morgan fingerprint density at radius 1 is 1.46 bits per heavy atom. The highest BCUT2D eigenvalue weighted by molar-refractivity contribution is 5.30. The number of nitro groups is 1. The van der Waals surface area contributed by atoms with Crippen molar-refractivity contribution in [2.75, 3.05) is 0 Å². The molecule has 3 heteroatoms. The van der Waals surface area contributed by atoms with Gasteiger partial charge in [-0.3, -0.25) is 10.1 Å². The van der Waals surface area contributed by atoms with E-state index in [1.165, 1.54) is 0 Å². The summed E-state index contributed by atoms with van der Waals surface area (Å²) >= 11 is 0. The highest BCUT2D eigenvalue weighted by atomic mass is 16.6. The third kappa shape index (κ3) is 1.20. The standard InChI is InChI=1S/C10H11NO2/c1-10(11(12)13)7-9(10)8-5-3-2-4-6-8/h2-6,9H,7H2,1H3. The van der Waals surface area contributed by atoms with Crippen molar-refractivity contribution in [1.29, 1.82) is 0 Å². The van der Waals surface area contributed by atoms with Gasteiger partial charge in [-0.25, -0.2) is 0 Å². The van der Waals surface area contributed by atoms with E-state index in [4.69, 9.17) is 0 Å². The summed E-state index contributed by atoms with van der Waals surface area (Å²) in [6, 6.07) is 9.69. The van der Waals surface area contributed by atoms with Gasteiger partial charge < -0.3 is 0 Å². The number of rotatable bonds is 2. The van der Waals surface area contributed by atoms with Crippen LogP contribution in [0.2, 0.25) is 0 Å². The smallest absolute Gasteiger partial charge is 0.227 e. The molecule has 0 N–H and O–H groups in total. The molecule has 1 aliphatic carbocycles. The summed E-state index contributed by atoms with van der Waals surface area (Å²) in [7, 11) is 0. The van der Waals surface area contributed by atoms with Crippen molar-refractivity contribution in [3.8, 4) is 0 Å². The van der Waals surface area contributed by atoms with Crippen molar-refractivity contribution in [2.45, 2.75) is 24.8 Å². The molecule has 0 spiro atoms.